The lowest BCUT2D eigenvalue weighted by Crippen LogP contribution is -2.43. The Balaban J connectivity index is 2.48. The van der Waals surface area contributed by atoms with E-state index in [2.05, 4.69) is 5.32 Å². The molecule has 0 aliphatic heterocycles. The van der Waals surface area contributed by atoms with Crippen molar-refractivity contribution in [2.75, 3.05) is 28.4 Å². The fourth-order valence-corrected chi connectivity index (χ4v) is 3.88. The maximum absolute atomic E-state index is 13.0. The molecule has 0 saturated carbocycles. The lowest BCUT2D eigenvalue weighted by molar-refractivity contribution is -0.151. The molecule has 198 valence electrons. The minimum absolute atomic E-state index is 0.498. The van der Waals surface area contributed by atoms with E-state index >= 15 is 0 Å². The van der Waals surface area contributed by atoms with E-state index < -0.39 is 35.7 Å². The number of carbonyl (C=O) groups excluding carboxylic acids is 2. The number of carbonyl (C=O) groups is 2. The van der Waals surface area contributed by atoms with Gasteiger partial charge in [-0.15, -0.1) is 0 Å². The summed E-state index contributed by atoms with van der Waals surface area (Å²) in [5.41, 5.74) is 0.741. The summed E-state index contributed by atoms with van der Waals surface area (Å²) in [6.07, 6.45) is -1.41. The summed E-state index contributed by atoms with van der Waals surface area (Å²) in [4.78, 5) is 25.1. The zero-order valence-electron chi connectivity index (χ0n) is 22.5. The molecule has 0 heterocycles. The molecule has 0 fully saturated rings. The number of rotatable bonds is 10. The highest BCUT2D eigenvalue weighted by molar-refractivity contribution is 5.81. The number of methoxy groups -OCH3 is 4. The number of hydrogen-bond acceptors (Lipinski definition) is 8. The molecule has 2 rings (SSSR count). The highest BCUT2D eigenvalue weighted by Gasteiger charge is 2.33. The van der Waals surface area contributed by atoms with E-state index in [4.69, 9.17) is 28.4 Å². The van der Waals surface area contributed by atoms with Gasteiger partial charge in [-0.3, -0.25) is 0 Å². The molecule has 2 atom stereocenters. The fourth-order valence-electron chi connectivity index (χ4n) is 3.88. The summed E-state index contributed by atoms with van der Waals surface area (Å²) in [6.45, 7) is 8.52. The molecule has 0 unspecified atom stereocenters. The van der Waals surface area contributed by atoms with E-state index in [9.17, 15) is 9.59 Å². The van der Waals surface area contributed by atoms with Crippen molar-refractivity contribution >= 4 is 12.1 Å². The summed E-state index contributed by atoms with van der Waals surface area (Å²) in [7, 11) is 6.20. The topological polar surface area (TPSA) is 102 Å². The van der Waals surface area contributed by atoms with Gasteiger partial charge < -0.3 is 33.7 Å². The Hall–Kier alpha value is -3.62. The van der Waals surface area contributed by atoms with E-state index in [0.717, 1.165) is 11.1 Å². The molecule has 0 radical (unpaired) electrons. The van der Waals surface area contributed by atoms with E-state index in [1.807, 2.05) is 24.3 Å². The maximum atomic E-state index is 13.0. The molecule has 0 bridgehead atoms. The molecular weight excluding hydrogens is 466 g/mol. The van der Waals surface area contributed by atoms with Crippen molar-refractivity contribution in [3.63, 3.8) is 0 Å². The highest BCUT2D eigenvalue weighted by Crippen LogP contribution is 2.45. The minimum Gasteiger partial charge on any atom is -0.493 e. The van der Waals surface area contributed by atoms with Crippen LogP contribution in [0, 0.1) is 0 Å². The molecule has 0 saturated heterocycles. The average molecular weight is 504 g/mol. The van der Waals surface area contributed by atoms with E-state index in [1.54, 1.807) is 68.3 Å². The zero-order chi connectivity index (χ0) is 27.0. The molecule has 0 aliphatic carbocycles. The number of hydrogen-bond donors (Lipinski definition) is 1. The Morgan fingerprint density at radius 1 is 0.778 bits per heavy atom. The van der Waals surface area contributed by atoms with Crippen LogP contribution in [0.4, 0.5) is 4.79 Å². The Kier molecular flexibility index (Phi) is 9.84. The summed E-state index contributed by atoms with van der Waals surface area (Å²) in [5, 5.41) is 2.52. The number of benzene rings is 2. The van der Waals surface area contributed by atoms with Crippen LogP contribution in [-0.2, 0) is 14.3 Å². The molecule has 0 aromatic heterocycles. The van der Waals surface area contributed by atoms with Gasteiger partial charge in [-0.25, -0.2) is 9.59 Å². The van der Waals surface area contributed by atoms with Gasteiger partial charge in [0, 0.05) is 11.1 Å². The SMILES string of the molecule is COc1cccc(C(c2cccc(OC)c2OC)[C@H](C)OC(=O)[C@H](C)NC(=O)OC(C)(C)C)c1OC. The van der Waals surface area contributed by atoms with E-state index in [1.165, 1.54) is 6.92 Å². The molecule has 0 aliphatic rings. The van der Waals surface area contributed by atoms with Crippen molar-refractivity contribution in [3.8, 4) is 23.0 Å². The molecule has 0 spiro atoms. The average Bonchev–Trinajstić information content (AvgIpc) is 2.82. The molecular formula is C27H37NO8. The van der Waals surface area contributed by atoms with Crippen molar-refractivity contribution in [1.82, 2.24) is 5.32 Å². The Bertz CT molecular complexity index is 991. The minimum atomic E-state index is -0.942. The molecule has 36 heavy (non-hydrogen) atoms. The largest absolute Gasteiger partial charge is 0.493 e. The third-order valence-corrected chi connectivity index (χ3v) is 5.40. The molecule has 1 amide bonds. The Morgan fingerprint density at radius 3 is 1.64 bits per heavy atom. The van der Waals surface area contributed by atoms with Gasteiger partial charge in [-0.2, -0.15) is 0 Å². The van der Waals surface area contributed by atoms with Crippen LogP contribution in [0.1, 0.15) is 51.7 Å². The maximum Gasteiger partial charge on any atom is 0.408 e. The lowest BCUT2D eigenvalue weighted by Gasteiger charge is -2.29. The molecule has 2 aromatic rings. The quantitative estimate of drug-likeness (QED) is 0.466. The van der Waals surface area contributed by atoms with Gasteiger partial charge >= 0.3 is 12.1 Å². The molecule has 9 heteroatoms. The molecule has 9 nitrogen and oxygen atoms in total. The first-order valence-electron chi connectivity index (χ1n) is 11.6. The van der Waals surface area contributed by atoms with Crippen LogP contribution in [0.3, 0.4) is 0 Å². The third kappa shape index (κ3) is 6.96. The van der Waals surface area contributed by atoms with Gasteiger partial charge in [0.15, 0.2) is 23.0 Å². The fraction of sp³-hybridized carbons (Fsp3) is 0.481. The summed E-state index contributed by atoms with van der Waals surface area (Å²) >= 11 is 0. The van der Waals surface area contributed by atoms with Crippen LogP contribution in [0.5, 0.6) is 23.0 Å². The second-order valence-electron chi connectivity index (χ2n) is 9.15. The summed E-state index contributed by atoms with van der Waals surface area (Å²) in [6, 6.07) is 10.0. The van der Waals surface area contributed by atoms with E-state index in [-0.39, 0.29) is 0 Å². The third-order valence-electron chi connectivity index (χ3n) is 5.40. The van der Waals surface area contributed by atoms with Crippen molar-refractivity contribution in [3.05, 3.63) is 47.5 Å². The van der Waals surface area contributed by atoms with Crippen LogP contribution in [0.2, 0.25) is 0 Å². The van der Waals surface area contributed by atoms with E-state index in [0.29, 0.717) is 23.0 Å². The van der Waals surface area contributed by atoms with Crippen LogP contribution in [0.25, 0.3) is 0 Å². The molecule has 2 aromatic carbocycles. The van der Waals surface area contributed by atoms with Gasteiger partial charge in [-0.05, 0) is 46.8 Å². The van der Waals surface area contributed by atoms with Gasteiger partial charge in [-0.1, -0.05) is 24.3 Å². The highest BCUT2D eigenvalue weighted by atomic mass is 16.6. The van der Waals surface area contributed by atoms with Crippen LogP contribution >= 0.6 is 0 Å². The van der Waals surface area contributed by atoms with Crippen LogP contribution < -0.4 is 24.3 Å². The smallest absolute Gasteiger partial charge is 0.408 e. The normalized spacial score (nSPS) is 12.8. The van der Waals surface area contributed by atoms with Crippen LogP contribution in [0.15, 0.2) is 36.4 Å². The number of para-hydroxylation sites is 2. The van der Waals surface area contributed by atoms with Gasteiger partial charge in [0.05, 0.1) is 34.4 Å². The van der Waals surface area contributed by atoms with Crippen molar-refractivity contribution in [2.45, 2.75) is 58.3 Å². The van der Waals surface area contributed by atoms with Gasteiger partial charge in [0.1, 0.15) is 17.7 Å². The molecule has 1 N–H and O–H groups in total. The summed E-state index contributed by atoms with van der Waals surface area (Å²) < 4.78 is 33.5. The lowest BCUT2D eigenvalue weighted by atomic mass is 9.85. The summed E-state index contributed by atoms with van der Waals surface area (Å²) in [5.74, 6) is 0.899. The van der Waals surface area contributed by atoms with Crippen molar-refractivity contribution in [1.29, 1.82) is 0 Å². The number of ether oxygens (including phenoxy) is 6. The predicted octanol–water partition coefficient (Wildman–Crippen LogP) is 4.70. The first-order chi connectivity index (χ1) is 17.0. The number of alkyl carbamates (subject to hydrolysis) is 1. The number of esters is 1. The number of amides is 1. The van der Waals surface area contributed by atoms with Gasteiger partial charge in [0.25, 0.3) is 0 Å². The van der Waals surface area contributed by atoms with Gasteiger partial charge in [0.2, 0.25) is 0 Å². The Labute approximate surface area is 213 Å². The standard InChI is InChI=1S/C27H37NO8/c1-16(28-26(30)36-27(3,4)5)25(29)35-17(2)22(18-12-10-14-20(31-6)23(18)33-8)19-13-11-15-21(32-7)24(19)34-9/h10-17,22H,1-9H3,(H,28,30)/t16-,17-/m0/s1. The zero-order valence-corrected chi connectivity index (χ0v) is 22.5. The predicted molar refractivity (Wildman–Crippen MR) is 135 cm³/mol. The first-order valence-corrected chi connectivity index (χ1v) is 11.6. The second kappa shape index (κ2) is 12.4. The Morgan fingerprint density at radius 2 is 1.25 bits per heavy atom. The second-order valence-corrected chi connectivity index (χ2v) is 9.15. The number of nitrogens with one attached hydrogen (secondary N) is 1. The monoisotopic (exact) mass is 503 g/mol. The first kappa shape index (κ1) is 28.6. The van der Waals surface area contributed by atoms with Crippen LogP contribution in [-0.4, -0.2) is 58.2 Å². The van der Waals surface area contributed by atoms with Crippen molar-refractivity contribution < 1.29 is 38.0 Å². The van der Waals surface area contributed by atoms with Crippen molar-refractivity contribution in [2.24, 2.45) is 0 Å².